The van der Waals surface area contributed by atoms with Gasteiger partial charge in [0, 0.05) is 50.4 Å². The molecular weight excluding hydrogens is 316 g/mol. The van der Waals surface area contributed by atoms with E-state index in [1.807, 2.05) is 6.07 Å². The van der Waals surface area contributed by atoms with Crippen molar-refractivity contribution in [1.29, 1.82) is 0 Å². The van der Waals surface area contributed by atoms with Crippen molar-refractivity contribution < 1.29 is 14.9 Å². The minimum atomic E-state index is 0.242. The summed E-state index contributed by atoms with van der Waals surface area (Å²) in [4.78, 5) is 5.05. The molecular formula is C20H32N2O3. The number of phenolic OH excluding ortho intramolecular Hbond substituents is 1. The van der Waals surface area contributed by atoms with Gasteiger partial charge in [-0.3, -0.25) is 9.80 Å². The van der Waals surface area contributed by atoms with Crippen LogP contribution >= 0.6 is 0 Å². The molecule has 140 valence electrons. The lowest BCUT2D eigenvalue weighted by Crippen LogP contribution is -2.56. The van der Waals surface area contributed by atoms with Crippen LogP contribution in [0.3, 0.4) is 0 Å². The monoisotopic (exact) mass is 348 g/mol. The Kier molecular flexibility index (Phi) is 6.57. The summed E-state index contributed by atoms with van der Waals surface area (Å²) in [7, 11) is 1.65. The lowest BCUT2D eigenvalue weighted by atomic mass is 9.91. The number of piperazine rings is 1. The van der Waals surface area contributed by atoms with Gasteiger partial charge in [-0.15, -0.1) is 0 Å². The molecule has 0 amide bonds. The van der Waals surface area contributed by atoms with Crippen LogP contribution in [0, 0.1) is 0 Å². The maximum atomic E-state index is 10.2. The molecule has 3 rings (SSSR count). The summed E-state index contributed by atoms with van der Waals surface area (Å²) in [6, 6.07) is 6.52. The number of phenols is 1. The van der Waals surface area contributed by atoms with Crippen molar-refractivity contribution in [3.63, 3.8) is 0 Å². The molecule has 1 saturated heterocycles. The smallest absolute Gasteiger partial charge is 0.120 e. The molecule has 1 unspecified atom stereocenters. The van der Waals surface area contributed by atoms with Gasteiger partial charge in [-0.1, -0.05) is 19.3 Å². The fourth-order valence-corrected chi connectivity index (χ4v) is 4.43. The van der Waals surface area contributed by atoms with E-state index in [-0.39, 0.29) is 6.61 Å². The van der Waals surface area contributed by atoms with E-state index in [0.29, 0.717) is 17.8 Å². The number of methoxy groups -OCH3 is 1. The van der Waals surface area contributed by atoms with Gasteiger partial charge < -0.3 is 14.9 Å². The summed E-state index contributed by atoms with van der Waals surface area (Å²) in [5.74, 6) is 1.11. The Bertz CT molecular complexity index is 546. The van der Waals surface area contributed by atoms with Gasteiger partial charge in [0.1, 0.15) is 11.5 Å². The Labute approximate surface area is 151 Å². The molecule has 0 aromatic heterocycles. The molecule has 5 heteroatoms. The van der Waals surface area contributed by atoms with Gasteiger partial charge in [-0.2, -0.15) is 0 Å². The van der Waals surface area contributed by atoms with Gasteiger partial charge in [-0.25, -0.2) is 0 Å². The Morgan fingerprint density at radius 3 is 2.68 bits per heavy atom. The number of hydrogen-bond acceptors (Lipinski definition) is 5. The van der Waals surface area contributed by atoms with E-state index in [0.717, 1.165) is 43.9 Å². The number of benzene rings is 1. The molecule has 1 aliphatic heterocycles. The lowest BCUT2D eigenvalue weighted by molar-refractivity contribution is 0.0134. The Balaban J connectivity index is 1.65. The molecule has 1 aromatic carbocycles. The van der Waals surface area contributed by atoms with E-state index in [1.165, 1.54) is 32.1 Å². The van der Waals surface area contributed by atoms with Gasteiger partial charge in [0.05, 0.1) is 7.11 Å². The van der Waals surface area contributed by atoms with Crippen LogP contribution in [0.5, 0.6) is 11.5 Å². The molecule has 1 atom stereocenters. The standard InChI is InChI=1S/C20H32N2O3/c1-25-19-7-8-20(24)16(13-19)14-21-10-11-22(18(15-21)9-12-23)17-5-3-2-4-6-17/h7-8,13,17-18,23-24H,2-6,9-12,14-15H2,1H3. The molecule has 1 saturated carbocycles. The fraction of sp³-hybridized carbons (Fsp3) is 0.700. The van der Waals surface area contributed by atoms with Crippen LogP contribution < -0.4 is 4.74 Å². The zero-order valence-electron chi connectivity index (χ0n) is 15.4. The number of nitrogens with zero attached hydrogens (tertiary/aromatic N) is 2. The molecule has 2 N–H and O–H groups in total. The third-order valence-electron chi connectivity index (χ3n) is 5.80. The van der Waals surface area contributed by atoms with Gasteiger partial charge in [0.15, 0.2) is 0 Å². The second-order valence-electron chi connectivity index (χ2n) is 7.43. The maximum Gasteiger partial charge on any atom is 0.120 e. The number of ether oxygens (including phenoxy) is 1. The van der Waals surface area contributed by atoms with Crippen molar-refractivity contribution in [3.05, 3.63) is 23.8 Å². The van der Waals surface area contributed by atoms with Gasteiger partial charge >= 0.3 is 0 Å². The normalized spacial score (nSPS) is 23.7. The van der Waals surface area contributed by atoms with Gasteiger partial charge in [-0.05, 0) is 37.5 Å². The molecule has 0 radical (unpaired) electrons. The molecule has 25 heavy (non-hydrogen) atoms. The first-order valence-electron chi connectivity index (χ1n) is 9.66. The minimum absolute atomic E-state index is 0.242. The lowest BCUT2D eigenvalue weighted by Gasteiger charge is -2.46. The van der Waals surface area contributed by atoms with Crippen LogP contribution in [0.25, 0.3) is 0 Å². The number of hydrogen-bond donors (Lipinski definition) is 2. The van der Waals surface area contributed by atoms with Crippen molar-refractivity contribution in [2.24, 2.45) is 0 Å². The van der Waals surface area contributed by atoms with Crippen molar-refractivity contribution >= 4 is 0 Å². The third kappa shape index (κ3) is 4.66. The molecule has 2 aliphatic rings. The van der Waals surface area contributed by atoms with E-state index in [4.69, 9.17) is 4.74 Å². The summed E-state index contributed by atoms with van der Waals surface area (Å²) >= 11 is 0. The number of rotatable bonds is 6. The predicted molar refractivity (Wildman–Crippen MR) is 99.0 cm³/mol. The number of aliphatic hydroxyl groups excluding tert-OH is 1. The van der Waals surface area contributed by atoms with Crippen molar-refractivity contribution in [2.75, 3.05) is 33.4 Å². The van der Waals surface area contributed by atoms with E-state index in [9.17, 15) is 10.2 Å². The predicted octanol–water partition coefficient (Wildman–Crippen LogP) is 2.60. The first-order valence-corrected chi connectivity index (χ1v) is 9.66. The highest BCUT2D eigenvalue weighted by atomic mass is 16.5. The zero-order valence-corrected chi connectivity index (χ0v) is 15.4. The summed E-state index contributed by atoms with van der Waals surface area (Å²) in [5, 5.41) is 19.7. The van der Waals surface area contributed by atoms with Crippen molar-refractivity contribution in [3.8, 4) is 11.5 Å². The van der Waals surface area contributed by atoms with Crippen LogP contribution in [-0.2, 0) is 6.54 Å². The van der Waals surface area contributed by atoms with Crippen LogP contribution in [0.1, 0.15) is 44.1 Å². The zero-order chi connectivity index (χ0) is 17.6. The molecule has 1 aliphatic carbocycles. The Morgan fingerprint density at radius 2 is 1.96 bits per heavy atom. The highest BCUT2D eigenvalue weighted by Gasteiger charge is 2.32. The van der Waals surface area contributed by atoms with Crippen LogP contribution in [0.2, 0.25) is 0 Å². The molecule has 1 heterocycles. The molecule has 5 nitrogen and oxygen atoms in total. The van der Waals surface area contributed by atoms with Gasteiger partial charge in [0.25, 0.3) is 0 Å². The highest BCUT2D eigenvalue weighted by molar-refractivity contribution is 5.39. The third-order valence-corrected chi connectivity index (χ3v) is 5.80. The van der Waals surface area contributed by atoms with E-state index in [1.54, 1.807) is 19.2 Å². The Morgan fingerprint density at radius 1 is 1.16 bits per heavy atom. The van der Waals surface area contributed by atoms with Crippen LogP contribution in [-0.4, -0.2) is 65.4 Å². The summed E-state index contributed by atoms with van der Waals surface area (Å²) in [5.41, 5.74) is 0.910. The second kappa shape index (κ2) is 8.88. The van der Waals surface area contributed by atoms with E-state index in [2.05, 4.69) is 9.80 Å². The van der Waals surface area contributed by atoms with E-state index < -0.39 is 0 Å². The number of aliphatic hydroxyl groups is 1. The molecule has 0 bridgehead atoms. The highest BCUT2D eigenvalue weighted by Crippen LogP contribution is 2.29. The largest absolute Gasteiger partial charge is 0.508 e. The van der Waals surface area contributed by atoms with E-state index >= 15 is 0 Å². The average molecular weight is 348 g/mol. The molecule has 2 fully saturated rings. The first-order chi connectivity index (χ1) is 12.2. The van der Waals surface area contributed by atoms with Gasteiger partial charge in [0.2, 0.25) is 0 Å². The topological polar surface area (TPSA) is 56.2 Å². The van der Waals surface area contributed by atoms with Crippen LogP contribution in [0.15, 0.2) is 18.2 Å². The summed E-state index contributed by atoms with van der Waals surface area (Å²) in [6.45, 7) is 3.98. The quantitative estimate of drug-likeness (QED) is 0.828. The van der Waals surface area contributed by atoms with Crippen LogP contribution in [0.4, 0.5) is 0 Å². The SMILES string of the molecule is COc1ccc(O)c(CN2CCN(C3CCCCC3)C(CCO)C2)c1. The molecule has 0 spiro atoms. The Hall–Kier alpha value is -1.30. The minimum Gasteiger partial charge on any atom is -0.508 e. The fourth-order valence-electron chi connectivity index (χ4n) is 4.43. The van der Waals surface area contributed by atoms with Crippen molar-refractivity contribution in [1.82, 2.24) is 9.80 Å². The first kappa shape index (κ1) is 18.5. The summed E-state index contributed by atoms with van der Waals surface area (Å²) in [6.07, 6.45) is 7.49. The summed E-state index contributed by atoms with van der Waals surface area (Å²) < 4.78 is 5.28. The maximum absolute atomic E-state index is 10.2. The molecule has 1 aromatic rings. The second-order valence-corrected chi connectivity index (χ2v) is 7.43. The average Bonchev–Trinajstić information content (AvgIpc) is 2.65. The number of aromatic hydroxyl groups is 1. The van der Waals surface area contributed by atoms with Crippen molar-refractivity contribution in [2.45, 2.75) is 57.2 Å².